The summed E-state index contributed by atoms with van der Waals surface area (Å²) in [6.07, 6.45) is 1.61. The number of nitrogens with zero attached hydrogens (tertiary/aromatic N) is 2. The molecule has 1 aliphatic carbocycles. The Hall–Kier alpha value is -3.27. The van der Waals surface area contributed by atoms with Gasteiger partial charge in [0.2, 0.25) is 0 Å². The van der Waals surface area contributed by atoms with Gasteiger partial charge in [-0.2, -0.15) is 5.26 Å². The lowest BCUT2D eigenvalue weighted by molar-refractivity contribution is -0.148. The second kappa shape index (κ2) is 7.54. The quantitative estimate of drug-likeness (QED) is 0.797. The smallest absolute Gasteiger partial charge is 0.309 e. The molecule has 0 fully saturated rings. The van der Waals surface area contributed by atoms with Crippen LogP contribution in [0, 0.1) is 17.2 Å². The lowest BCUT2D eigenvalue weighted by atomic mass is 9.81. The average Bonchev–Trinajstić information content (AvgIpc) is 2.66. The summed E-state index contributed by atoms with van der Waals surface area (Å²) >= 11 is 0. The summed E-state index contributed by atoms with van der Waals surface area (Å²) in [6.45, 7) is 2.10. The van der Waals surface area contributed by atoms with Gasteiger partial charge in [-0.25, -0.2) is 4.98 Å². The van der Waals surface area contributed by atoms with Crippen LogP contribution < -0.4 is 10.5 Å². The molecule has 1 aliphatic rings. The number of pyridine rings is 1. The number of phenolic OH excluding ortho intramolecular Hbond substituents is 1. The number of benzene rings is 1. The van der Waals surface area contributed by atoms with Crippen molar-refractivity contribution in [2.45, 2.75) is 26.2 Å². The summed E-state index contributed by atoms with van der Waals surface area (Å²) in [6, 6.07) is 6.80. The van der Waals surface area contributed by atoms with Gasteiger partial charge in [-0.05, 0) is 43.9 Å². The molecule has 1 aromatic heterocycles. The molecule has 140 valence electrons. The molecule has 0 amide bonds. The number of nitriles is 1. The van der Waals surface area contributed by atoms with Gasteiger partial charge in [-0.3, -0.25) is 4.79 Å². The third-order valence-corrected chi connectivity index (χ3v) is 4.78. The number of nitrogens with two attached hydrogens (primary N) is 1. The number of ether oxygens (including phenoxy) is 2. The second-order valence-corrected chi connectivity index (χ2v) is 6.36. The van der Waals surface area contributed by atoms with Crippen molar-refractivity contribution in [3.05, 3.63) is 35.0 Å². The molecule has 0 radical (unpaired) electrons. The number of rotatable bonds is 4. The van der Waals surface area contributed by atoms with E-state index in [1.165, 1.54) is 19.2 Å². The number of methoxy groups -OCH3 is 1. The molecular weight excluding hydrogens is 346 g/mol. The van der Waals surface area contributed by atoms with E-state index in [2.05, 4.69) is 11.1 Å². The number of phenols is 1. The van der Waals surface area contributed by atoms with E-state index in [0.29, 0.717) is 42.7 Å². The first-order valence-electron chi connectivity index (χ1n) is 8.75. The zero-order valence-corrected chi connectivity index (χ0v) is 15.3. The second-order valence-electron chi connectivity index (χ2n) is 6.36. The Morgan fingerprint density at radius 3 is 2.93 bits per heavy atom. The average molecular weight is 367 g/mol. The molecule has 1 heterocycles. The molecule has 0 saturated heterocycles. The molecule has 0 saturated carbocycles. The van der Waals surface area contributed by atoms with E-state index < -0.39 is 0 Å². The van der Waals surface area contributed by atoms with E-state index in [4.69, 9.17) is 15.2 Å². The van der Waals surface area contributed by atoms with Crippen LogP contribution in [0.2, 0.25) is 0 Å². The van der Waals surface area contributed by atoms with Crippen molar-refractivity contribution in [3.63, 3.8) is 0 Å². The Labute approximate surface area is 157 Å². The fourth-order valence-electron chi connectivity index (χ4n) is 3.54. The van der Waals surface area contributed by atoms with Gasteiger partial charge in [-0.1, -0.05) is 0 Å². The zero-order valence-electron chi connectivity index (χ0n) is 15.3. The maximum atomic E-state index is 12.3. The van der Waals surface area contributed by atoms with Gasteiger partial charge in [0.05, 0.1) is 19.6 Å². The van der Waals surface area contributed by atoms with Crippen molar-refractivity contribution in [1.29, 1.82) is 5.26 Å². The maximum Gasteiger partial charge on any atom is 0.309 e. The minimum Gasteiger partial charge on any atom is -0.508 e. The highest BCUT2D eigenvalue weighted by molar-refractivity contribution is 5.84. The minimum atomic E-state index is -0.295. The number of esters is 1. The predicted octanol–water partition coefficient (Wildman–Crippen LogP) is 2.58. The van der Waals surface area contributed by atoms with Gasteiger partial charge in [0.25, 0.3) is 0 Å². The molecule has 1 atom stereocenters. The van der Waals surface area contributed by atoms with Crippen LogP contribution in [0.15, 0.2) is 18.2 Å². The summed E-state index contributed by atoms with van der Waals surface area (Å²) < 4.78 is 10.6. The monoisotopic (exact) mass is 367 g/mol. The van der Waals surface area contributed by atoms with E-state index in [-0.39, 0.29) is 29.0 Å². The van der Waals surface area contributed by atoms with E-state index in [0.717, 1.165) is 11.3 Å². The van der Waals surface area contributed by atoms with E-state index in [9.17, 15) is 15.2 Å². The first kappa shape index (κ1) is 18.5. The number of aromatic nitrogens is 1. The van der Waals surface area contributed by atoms with Crippen LogP contribution in [0.1, 0.15) is 30.2 Å². The van der Waals surface area contributed by atoms with Gasteiger partial charge in [0, 0.05) is 22.9 Å². The highest BCUT2D eigenvalue weighted by Gasteiger charge is 2.31. The van der Waals surface area contributed by atoms with Crippen molar-refractivity contribution < 1.29 is 19.4 Å². The molecule has 0 bridgehead atoms. The molecule has 3 N–H and O–H groups in total. The topological polar surface area (TPSA) is 118 Å². The van der Waals surface area contributed by atoms with Crippen LogP contribution in [-0.4, -0.2) is 29.8 Å². The van der Waals surface area contributed by atoms with Crippen molar-refractivity contribution in [3.8, 4) is 28.7 Å². The Balaban J connectivity index is 2.21. The third-order valence-electron chi connectivity index (χ3n) is 4.78. The predicted molar refractivity (Wildman–Crippen MR) is 99.2 cm³/mol. The summed E-state index contributed by atoms with van der Waals surface area (Å²) in [5.41, 5.74) is 9.08. The fraction of sp³-hybridized carbons (Fsp3) is 0.350. The number of hydrogen-bond acceptors (Lipinski definition) is 7. The van der Waals surface area contributed by atoms with Gasteiger partial charge >= 0.3 is 5.97 Å². The van der Waals surface area contributed by atoms with E-state index in [1.807, 2.05) is 0 Å². The normalized spacial score (nSPS) is 15.5. The van der Waals surface area contributed by atoms with E-state index in [1.54, 1.807) is 13.0 Å². The van der Waals surface area contributed by atoms with Crippen molar-refractivity contribution >= 4 is 11.8 Å². The molecule has 27 heavy (non-hydrogen) atoms. The number of nitrogen functional groups attached to an aromatic ring is 1. The summed E-state index contributed by atoms with van der Waals surface area (Å²) in [4.78, 5) is 16.7. The molecule has 1 aromatic carbocycles. The molecule has 7 nitrogen and oxygen atoms in total. The van der Waals surface area contributed by atoms with Crippen LogP contribution in [0.4, 0.5) is 5.82 Å². The van der Waals surface area contributed by atoms with Crippen molar-refractivity contribution in [2.24, 2.45) is 5.92 Å². The number of fused-ring (bicyclic) bond motifs is 1. The molecule has 0 unspecified atom stereocenters. The standard InChI is InChI=1S/C20H21N3O4/c1-3-27-20(25)11-4-7-16-14(8-11)18(15(10-21)19(22)23-16)13-6-5-12(24)9-17(13)26-2/h5-6,9,11,24H,3-4,7-8H2,1-2H3,(H2,22,23)/t11-/m1/s1. The number of aryl methyl sites for hydroxylation is 1. The molecule has 0 aliphatic heterocycles. The van der Waals surface area contributed by atoms with E-state index >= 15 is 0 Å². The molecule has 0 spiro atoms. The lowest BCUT2D eigenvalue weighted by Gasteiger charge is -2.26. The molecule has 7 heteroatoms. The fourth-order valence-corrected chi connectivity index (χ4v) is 3.54. The number of carbonyl (C=O) groups excluding carboxylic acids is 1. The maximum absolute atomic E-state index is 12.3. The van der Waals surface area contributed by atoms with Crippen LogP contribution in [0.3, 0.4) is 0 Å². The number of carbonyl (C=O) groups is 1. The van der Waals surface area contributed by atoms with Crippen LogP contribution in [0.25, 0.3) is 11.1 Å². The molecule has 2 aromatic rings. The minimum absolute atomic E-state index is 0.0504. The highest BCUT2D eigenvalue weighted by Crippen LogP contribution is 2.42. The lowest BCUT2D eigenvalue weighted by Crippen LogP contribution is -2.26. The zero-order chi connectivity index (χ0) is 19.6. The van der Waals surface area contributed by atoms with Crippen molar-refractivity contribution in [2.75, 3.05) is 19.5 Å². The molecule has 3 rings (SSSR count). The SMILES string of the molecule is CCOC(=O)[C@@H]1CCc2nc(N)c(C#N)c(-c3ccc(O)cc3OC)c2C1. The number of aromatic hydroxyl groups is 1. The summed E-state index contributed by atoms with van der Waals surface area (Å²) in [5.74, 6) is 0.0707. The van der Waals surface area contributed by atoms with Crippen molar-refractivity contribution in [1.82, 2.24) is 4.98 Å². The Morgan fingerprint density at radius 2 is 2.26 bits per heavy atom. The number of anilines is 1. The molecular formula is C20H21N3O4. The highest BCUT2D eigenvalue weighted by atomic mass is 16.5. The van der Waals surface area contributed by atoms with Crippen LogP contribution >= 0.6 is 0 Å². The first-order valence-corrected chi connectivity index (χ1v) is 8.75. The third kappa shape index (κ3) is 3.38. The van der Waals surface area contributed by atoms with Gasteiger partial charge in [0.15, 0.2) is 0 Å². The van der Waals surface area contributed by atoms with Crippen LogP contribution in [-0.2, 0) is 22.4 Å². The van der Waals surface area contributed by atoms with Gasteiger partial charge in [-0.15, -0.1) is 0 Å². The van der Waals surface area contributed by atoms with Gasteiger partial charge < -0.3 is 20.3 Å². The first-order chi connectivity index (χ1) is 13.0. The summed E-state index contributed by atoms with van der Waals surface area (Å²) in [5, 5.41) is 19.5. The number of hydrogen-bond donors (Lipinski definition) is 2. The van der Waals surface area contributed by atoms with Gasteiger partial charge in [0.1, 0.15) is 28.9 Å². The Bertz CT molecular complexity index is 934. The Kier molecular flexibility index (Phi) is 5.17. The largest absolute Gasteiger partial charge is 0.508 e. The summed E-state index contributed by atoms with van der Waals surface area (Å²) in [7, 11) is 1.49. The van der Waals surface area contributed by atoms with Crippen LogP contribution in [0.5, 0.6) is 11.5 Å². The Morgan fingerprint density at radius 1 is 1.48 bits per heavy atom.